The molecule has 0 bridgehead atoms. The number of carbonyl (C=O) groups excluding carboxylic acids is 1. The molecule has 0 saturated heterocycles. The molecular weight excluding hydrogens is 228 g/mol. The minimum absolute atomic E-state index is 0.00694. The van der Waals surface area contributed by atoms with E-state index in [-0.39, 0.29) is 11.9 Å². The molecule has 1 aromatic rings. The molecule has 4 heteroatoms. The first-order valence-electron chi connectivity index (χ1n) is 6.30. The van der Waals surface area contributed by atoms with Gasteiger partial charge in [-0.15, -0.1) is 0 Å². The van der Waals surface area contributed by atoms with Gasteiger partial charge < -0.3 is 15.8 Å². The normalized spacial score (nSPS) is 12.0. The van der Waals surface area contributed by atoms with Crippen molar-refractivity contribution in [2.45, 2.75) is 33.2 Å². The lowest BCUT2D eigenvalue weighted by Crippen LogP contribution is -2.24. The predicted molar refractivity (Wildman–Crippen MR) is 72.6 cm³/mol. The first-order chi connectivity index (χ1) is 8.54. The Morgan fingerprint density at radius 2 is 2.22 bits per heavy atom. The van der Waals surface area contributed by atoms with E-state index in [1.54, 1.807) is 0 Å². The van der Waals surface area contributed by atoms with Crippen molar-refractivity contribution < 1.29 is 9.53 Å². The molecule has 1 aromatic carbocycles. The monoisotopic (exact) mass is 250 g/mol. The van der Waals surface area contributed by atoms with Crippen LogP contribution in [0.3, 0.4) is 0 Å². The second-order valence-corrected chi connectivity index (χ2v) is 4.38. The van der Waals surface area contributed by atoms with E-state index in [2.05, 4.69) is 5.32 Å². The van der Waals surface area contributed by atoms with Crippen molar-refractivity contribution in [2.75, 3.05) is 13.2 Å². The highest BCUT2D eigenvalue weighted by Gasteiger charge is 2.09. The molecule has 0 spiro atoms. The third-order valence-electron chi connectivity index (χ3n) is 2.62. The van der Waals surface area contributed by atoms with Crippen LogP contribution in [0.5, 0.6) is 5.75 Å². The molecule has 100 valence electrons. The Hall–Kier alpha value is -1.55. The van der Waals surface area contributed by atoms with E-state index >= 15 is 0 Å². The number of aryl methyl sites for hydroxylation is 1. The summed E-state index contributed by atoms with van der Waals surface area (Å²) in [6.45, 7) is 6.83. The minimum Gasteiger partial charge on any atom is -0.493 e. The van der Waals surface area contributed by atoms with Crippen LogP contribution in [-0.2, 0) is 4.79 Å². The van der Waals surface area contributed by atoms with Gasteiger partial charge in [0.1, 0.15) is 5.75 Å². The molecule has 18 heavy (non-hydrogen) atoms. The molecule has 0 fully saturated rings. The first-order valence-corrected chi connectivity index (χ1v) is 6.30. The topological polar surface area (TPSA) is 64.3 Å². The number of amides is 1. The van der Waals surface area contributed by atoms with Crippen LogP contribution in [0.2, 0.25) is 0 Å². The van der Waals surface area contributed by atoms with Gasteiger partial charge in [-0.3, -0.25) is 4.79 Å². The highest BCUT2D eigenvalue weighted by molar-refractivity contribution is 5.75. The third-order valence-corrected chi connectivity index (χ3v) is 2.62. The SMILES string of the molecule is CCNC(=O)CCOc1cc(C)ccc1C(C)N. The van der Waals surface area contributed by atoms with Crippen LogP contribution in [0.4, 0.5) is 0 Å². The fourth-order valence-corrected chi connectivity index (χ4v) is 1.68. The number of carbonyl (C=O) groups is 1. The number of benzene rings is 1. The van der Waals surface area contributed by atoms with Crippen LogP contribution in [-0.4, -0.2) is 19.1 Å². The van der Waals surface area contributed by atoms with Gasteiger partial charge in [0.15, 0.2) is 0 Å². The Kier molecular flexibility index (Phi) is 5.65. The predicted octanol–water partition coefficient (Wildman–Crippen LogP) is 1.92. The number of rotatable bonds is 6. The van der Waals surface area contributed by atoms with Gasteiger partial charge in [-0.1, -0.05) is 12.1 Å². The van der Waals surface area contributed by atoms with Gasteiger partial charge >= 0.3 is 0 Å². The van der Waals surface area contributed by atoms with Gasteiger partial charge in [-0.05, 0) is 32.4 Å². The molecule has 3 N–H and O–H groups in total. The van der Waals surface area contributed by atoms with Crippen LogP contribution in [0, 0.1) is 6.92 Å². The highest BCUT2D eigenvalue weighted by atomic mass is 16.5. The van der Waals surface area contributed by atoms with Crippen molar-refractivity contribution in [3.63, 3.8) is 0 Å². The van der Waals surface area contributed by atoms with E-state index < -0.39 is 0 Å². The van der Waals surface area contributed by atoms with Gasteiger partial charge in [0, 0.05) is 18.2 Å². The zero-order valence-corrected chi connectivity index (χ0v) is 11.3. The smallest absolute Gasteiger partial charge is 0.223 e. The molecule has 1 rings (SSSR count). The molecule has 0 aliphatic heterocycles. The Bertz CT molecular complexity index is 403. The maximum absolute atomic E-state index is 11.3. The number of hydrogen-bond donors (Lipinski definition) is 2. The number of ether oxygens (including phenoxy) is 1. The molecule has 0 radical (unpaired) electrons. The summed E-state index contributed by atoms with van der Waals surface area (Å²) in [5.41, 5.74) is 7.97. The van der Waals surface area contributed by atoms with Crippen LogP contribution in [0.25, 0.3) is 0 Å². The summed E-state index contributed by atoms with van der Waals surface area (Å²) in [6, 6.07) is 5.86. The fourth-order valence-electron chi connectivity index (χ4n) is 1.68. The molecule has 0 aliphatic rings. The molecule has 1 unspecified atom stereocenters. The molecule has 1 atom stereocenters. The Labute approximate surface area is 109 Å². The largest absolute Gasteiger partial charge is 0.493 e. The zero-order chi connectivity index (χ0) is 13.5. The lowest BCUT2D eigenvalue weighted by Gasteiger charge is -2.14. The molecule has 4 nitrogen and oxygen atoms in total. The van der Waals surface area contributed by atoms with E-state index in [0.29, 0.717) is 19.6 Å². The number of hydrogen-bond acceptors (Lipinski definition) is 3. The summed E-state index contributed by atoms with van der Waals surface area (Å²) < 4.78 is 5.66. The van der Waals surface area contributed by atoms with Gasteiger partial charge in [0.2, 0.25) is 5.91 Å². The first kappa shape index (κ1) is 14.5. The average Bonchev–Trinajstić information content (AvgIpc) is 2.29. The summed E-state index contributed by atoms with van der Waals surface area (Å²) >= 11 is 0. The van der Waals surface area contributed by atoms with Crippen LogP contribution in [0.15, 0.2) is 18.2 Å². The molecule has 0 heterocycles. The second kappa shape index (κ2) is 7.01. The highest BCUT2D eigenvalue weighted by Crippen LogP contribution is 2.25. The minimum atomic E-state index is -0.0786. The molecule has 0 aromatic heterocycles. The molecule has 0 saturated carbocycles. The van der Waals surface area contributed by atoms with E-state index in [1.807, 2.05) is 39.0 Å². The van der Waals surface area contributed by atoms with Crippen LogP contribution in [0.1, 0.15) is 37.4 Å². The standard InChI is InChI=1S/C14H22N2O2/c1-4-16-14(17)7-8-18-13-9-10(2)5-6-12(13)11(3)15/h5-6,9,11H,4,7-8,15H2,1-3H3,(H,16,17). The van der Waals surface area contributed by atoms with Crippen molar-refractivity contribution in [3.8, 4) is 5.75 Å². The summed E-state index contributed by atoms with van der Waals surface area (Å²) in [4.78, 5) is 11.3. The Balaban J connectivity index is 2.60. The van der Waals surface area contributed by atoms with Crippen molar-refractivity contribution in [3.05, 3.63) is 29.3 Å². The Morgan fingerprint density at radius 1 is 1.50 bits per heavy atom. The van der Waals surface area contributed by atoms with Crippen molar-refractivity contribution in [2.24, 2.45) is 5.73 Å². The van der Waals surface area contributed by atoms with Crippen LogP contribution >= 0.6 is 0 Å². The summed E-state index contributed by atoms with van der Waals surface area (Å²) in [5, 5.41) is 2.74. The van der Waals surface area contributed by atoms with Crippen molar-refractivity contribution in [1.82, 2.24) is 5.32 Å². The maximum atomic E-state index is 11.3. The van der Waals surface area contributed by atoms with Crippen molar-refractivity contribution in [1.29, 1.82) is 0 Å². The Morgan fingerprint density at radius 3 is 2.83 bits per heavy atom. The molecule has 1 amide bonds. The quantitative estimate of drug-likeness (QED) is 0.810. The second-order valence-electron chi connectivity index (χ2n) is 4.38. The van der Waals surface area contributed by atoms with E-state index in [1.165, 1.54) is 0 Å². The lowest BCUT2D eigenvalue weighted by molar-refractivity contribution is -0.121. The number of nitrogens with two attached hydrogens (primary N) is 1. The van der Waals surface area contributed by atoms with Crippen molar-refractivity contribution >= 4 is 5.91 Å². The average molecular weight is 250 g/mol. The fraction of sp³-hybridized carbons (Fsp3) is 0.500. The third kappa shape index (κ3) is 4.37. The van der Waals surface area contributed by atoms with Gasteiger partial charge in [0.05, 0.1) is 13.0 Å². The van der Waals surface area contributed by atoms with E-state index in [9.17, 15) is 4.79 Å². The summed E-state index contributed by atoms with van der Waals surface area (Å²) in [6.07, 6.45) is 0.361. The van der Waals surface area contributed by atoms with E-state index in [0.717, 1.165) is 16.9 Å². The number of nitrogens with one attached hydrogen (secondary N) is 1. The van der Waals surface area contributed by atoms with Gasteiger partial charge in [0.25, 0.3) is 0 Å². The maximum Gasteiger partial charge on any atom is 0.223 e. The molecule has 0 aliphatic carbocycles. The van der Waals surface area contributed by atoms with E-state index in [4.69, 9.17) is 10.5 Å². The molecular formula is C14H22N2O2. The van der Waals surface area contributed by atoms with Gasteiger partial charge in [-0.2, -0.15) is 0 Å². The van der Waals surface area contributed by atoms with Crippen LogP contribution < -0.4 is 15.8 Å². The summed E-state index contributed by atoms with van der Waals surface area (Å²) in [7, 11) is 0. The van der Waals surface area contributed by atoms with Gasteiger partial charge in [-0.25, -0.2) is 0 Å². The summed E-state index contributed by atoms with van der Waals surface area (Å²) in [5.74, 6) is 0.779. The zero-order valence-electron chi connectivity index (χ0n) is 11.3. The lowest BCUT2D eigenvalue weighted by atomic mass is 10.1.